The molecule has 1 amide bonds. The molecule has 7 heteroatoms. The highest BCUT2D eigenvalue weighted by molar-refractivity contribution is 6.06. The molecular weight excluding hydrogens is 322 g/mol. The third-order valence-corrected chi connectivity index (χ3v) is 4.74. The summed E-state index contributed by atoms with van der Waals surface area (Å²) in [5, 5.41) is 17.3. The molecule has 0 radical (unpaired) electrons. The number of carbonyl (C=O) groups is 1. The van der Waals surface area contributed by atoms with E-state index >= 15 is 0 Å². The van der Waals surface area contributed by atoms with Gasteiger partial charge in [0.25, 0.3) is 11.6 Å². The zero-order valence-corrected chi connectivity index (χ0v) is 14.8. The van der Waals surface area contributed by atoms with E-state index in [0.717, 1.165) is 24.2 Å². The Balaban J connectivity index is 2.00. The van der Waals surface area contributed by atoms with Crippen LogP contribution in [0.3, 0.4) is 0 Å². The Bertz CT molecular complexity index is 750. The van der Waals surface area contributed by atoms with Gasteiger partial charge in [0.05, 0.1) is 28.8 Å². The maximum absolute atomic E-state index is 13.1. The smallest absolute Gasteiger partial charge is 0.259 e. The maximum atomic E-state index is 13.1. The van der Waals surface area contributed by atoms with Crippen LogP contribution >= 0.6 is 0 Å². The van der Waals surface area contributed by atoms with Gasteiger partial charge in [0.1, 0.15) is 0 Å². The number of hydrogen-bond donors (Lipinski definition) is 2. The second-order valence-corrected chi connectivity index (χ2v) is 6.58. The van der Waals surface area contributed by atoms with Crippen LogP contribution in [0.15, 0.2) is 10.6 Å². The number of aliphatic hydroxyl groups excluding tert-OH is 1. The van der Waals surface area contributed by atoms with Gasteiger partial charge in [-0.25, -0.2) is 4.98 Å². The van der Waals surface area contributed by atoms with Crippen molar-refractivity contribution in [2.24, 2.45) is 0 Å². The first-order valence-electron chi connectivity index (χ1n) is 8.91. The van der Waals surface area contributed by atoms with Crippen LogP contribution in [0.1, 0.15) is 54.9 Å². The van der Waals surface area contributed by atoms with Gasteiger partial charge in [0.2, 0.25) is 0 Å². The predicted octanol–water partition coefficient (Wildman–Crippen LogP) is 2.01. The fraction of sp³-hybridized carbons (Fsp3) is 0.611. The third-order valence-electron chi connectivity index (χ3n) is 4.74. The number of hydrogen-bond acceptors (Lipinski definition) is 6. The van der Waals surface area contributed by atoms with Crippen molar-refractivity contribution < 1.29 is 19.2 Å². The second-order valence-electron chi connectivity index (χ2n) is 6.58. The SMILES string of the molecule is CCCc1noc2nc(CC)cc(C(=O)N[C@@]3(CCO)CCOC3)c12. The minimum atomic E-state index is -0.518. The number of aliphatic hydroxyl groups is 1. The van der Waals surface area contributed by atoms with Gasteiger partial charge in [-0.3, -0.25) is 4.79 Å². The summed E-state index contributed by atoms with van der Waals surface area (Å²) in [5.74, 6) is -0.193. The molecule has 0 aliphatic carbocycles. The van der Waals surface area contributed by atoms with Crippen molar-refractivity contribution in [2.75, 3.05) is 19.8 Å². The quantitative estimate of drug-likeness (QED) is 0.795. The lowest BCUT2D eigenvalue weighted by Crippen LogP contribution is -2.49. The molecule has 0 aromatic carbocycles. The lowest BCUT2D eigenvalue weighted by molar-refractivity contribution is 0.0852. The molecule has 7 nitrogen and oxygen atoms in total. The van der Waals surface area contributed by atoms with Crippen molar-refractivity contribution in [3.63, 3.8) is 0 Å². The standard InChI is InChI=1S/C18H25N3O4/c1-3-5-14-15-13(10-12(4-2)19-17(15)25-21-14)16(23)20-18(6-8-22)7-9-24-11-18/h10,22H,3-9,11H2,1-2H3,(H,20,23)/t18-/m0/s1. The summed E-state index contributed by atoms with van der Waals surface area (Å²) in [7, 11) is 0. The van der Waals surface area contributed by atoms with E-state index in [1.165, 1.54) is 0 Å². The zero-order valence-electron chi connectivity index (χ0n) is 14.8. The van der Waals surface area contributed by atoms with Gasteiger partial charge in [-0.05, 0) is 31.7 Å². The van der Waals surface area contributed by atoms with Crippen LogP contribution in [0.25, 0.3) is 11.1 Å². The first kappa shape index (κ1) is 17.8. The van der Waals surface area contributed by atoms with E-state index in [9.17, 15) is 9.90 Å². The first-order valence-corrected chi connectivity index (χ1v) is 8.91. The molecule has 1 aliphatic heterocycles. The molecule has 3 rings (SSSR count). The first-order chi connectivity index (χ1) is 12.1. The molecule has 1 fully saturated rings. The maximum Gasteiger partial charge on any atom is 0.259 e. The van der Waals surface area contributed by atoms with E-state index < -0.39 is 5.54 Å². The molecule has 2 aromatic heterocycles. The van der Waals surface area contributed by atoms with Crippen molar-refractivity contribution in [3.05, 3.63) is 23.0 Å². The van der Waals surface area contributed by atoms with Gasteiger partial charge < -0.3 is 19.7 Å². The number of nitrogens with zero attached hydrogens (tertiary/aromatic N) is 2. The van der Waals surface area contributed by atoms with Crippen molar-refractivity contribution in [1.29, 1.82) is 0 Å². The summed E-state index contributed by atoms with van der Waals surface area (Å²) >= 11 is 0. The number of aromatic nitrogens is 2. The summed E-state index contributed by atoms with van der Waals surface area (Å²) in [5.41, 5.74) is 1.98. The van der Waals surface area contributed by atoms with Gasteiger partial charge >= 0.3 is 0 Å². The van der Waals surface area contributed by atoms with Gasteiger partial charge in [0.15, 0.2) is 0 Å². The van der Waals surface area contributed by atoms with Crippen LogP contribution in [0.4, 0.5) is 0 Å². The second kappa shape index (κ2) is 7.49. The highest BCUT2D eigenvalue weighted by atomic mass is 16.5. The third kappa shape index (κ3) is 3.52. The average Bonchev–Trinajstić information content (AvgIpc) is 3.22. The van der Waals surface area contributed by atoms with E-state index in [-0.39, 0.29) is 12.5 Å². The summed E-state index contributed by atoms with van der Waals surface area (Å²) < 4.78 is 10.8. The molecule has 3 heterocycles. The molecule has 0 spiro atoms. The number of amides is 1. The van der Waals surface area contributed by atoms with Gasteiger partial charge in [0, 0.05) is 18.9 Å². The van der Waals surface area contributed by atoms with Crippen molar-refractivity contribution in [3.8, 4) is 0 Å². The Morgan fingerprint density at radius 2 is 2.28 bits per heavy atom. The topological polar surface area (TPSA) is 97.5 Å². The van der Waals surface area contributed by atoms with Crippen molar-refractivity contribution in [1.82, 2.24) is 15.5 Å². The van der Waals surface area contributed by atoms with E-state index in [1.54, 1.807) is 0 Å². The van der Waals surface area contributed by atoms with Gasteiger partial charge in [-0.2, -0.15) is 0 Å². The van der Waals surface area contributed by atoms with Crippen LogP contribution in [0.5, 0.6) is 0 Å². The fourth-order valence-corrected chi connectivity index (χ4v) is 3.32. The molecule has 2 N–H and O–H groups in total. The van der Waals surface area contributed by atoms with Gasteiger partial charge in [-0.1, -0.05) is 25.4 Å². The highest BCUT2D eigenvalue weighted by Gasteiger charge is 2.36. The van der Waals surface area contributed by atoms with E-state index in [2.05, 4.69) is 22.4 Å². The van der Waals surface area contributed by atoms with Crippen LogP contribution in [0.2, 0.25) is 0 Å². The Kier molecular flexibility index (Phi) is 5.34. The fourth-order valence-electron chi connectivity index (χ4n) is 3.32. The number of nitrogens with one attached hydrogen (secondary N) is 1. The average molecular weight is 347 g/mol. The molecule has 25 heavy (non-hydrogen) atoms. The Morgan fingerprint density at radius 3 is 2.92 bits per heavy atom. The minimum Gasteiger partial charge on any atom is -0.396 e. The minimum absolute atomic E-state index is 0.00393. The van der Waals surface area contributed by atoms with Gasteiger partial charge in [-0.15, -0.1) is 0 Å². The largest absolute Gasteiger partial charge is 0.396 e. The molecule has 1 atom stereocenters. The Hall–Kier alpha value is -1.99. The van der Waals surface area contributed by atoms with E-state index in [4.69, 9.17) is 9.26 Å². The lowest BCUT2D eigenvalue weighted by atomic mass is 9.93. The van der Waals surface area contributed by atoms with Crippen LogP contribution in [0, 0.1) is 0 Å². The number of aryl methyl sites for hydroxylation is 2. The number of rotatable bonds is 7. The summed E-state index contributed by atoms with van der Waals surface area (Å²) in [6, 6.07) is 1.82. The molecule has 0 bridgehead atoms. The van der Waals surface area contributed by atoms with Crippen LogP contribution < -0.4 is 5.32 Å². The van der Waals surface area contributed by atoms with Crippen LogP contribution in [-0.4, -0.2) is 46.5 Å². The lowest BCUT2D eigenvalue weighted by Gasteiger charge is -2.28. The number of carbonyl (C=O) groups excluding carboxylic acids is 1. The molecular formula is C18H25N3O4. The zero-order chi connectivity index (χ0) is 17.9. The highest BCUT2D eigenvalue weighted by Crippen LogP contribution is 2.27. The number of ether oxygens (including phenoxy) is 1. The number of fused-ring (bicyclic) bond motifs is 1. The molecule has 136 valence electrons. The normalized spacial score (nSPS) is 20.3. The summed E-state index contributed by atoms with van der Waals surface area (Å²) in [4.78, 5) is 17.5. The van der Waals surface area contributed by atoms with Crippen molar-refractivity contribution >= 4 is 17.0 Å². The predicted molar refractivity (Wildman–Crippen MR) is 92.5 cm³/mol. The number of pyridine rings is 1. The summed E-state index contributed by atoms with van der Waals surface area (Å²) in [6.45, 7) is 5.04. The Morgan fingerprint density at radius 1 is 1.44 bits per heavy atom. The molecule has 0 unspecified atom stereocenters. The van der Waals surface area contributed by atoms with E-state index in [1.807, 2.05) is 13.0 Å². The molecule has 2 aromatic rings. The Labute approximate surface area is 146 Å². The monoisotopic (exact) mass is 347 g/mol. The molecule has 1 saturated heterocycles. The van der Waals surface area contributed by atoms with E-state index in [0.29, 0.717) is 49.1 Å². The van der Waals surface area contributed by atoms with Crippen molar-refractivity contribution in [2.45, 2.75) is 51.5 Å². The molecule has 1 aliphatic rings. The molecule has 0 saturated carbocycles. The summed E-state index contributed by atoms with van der Waals surface area (Å²) in [6.07, 6.45) is 3.50. The van der Waals surface area contributed by atoms with Crippen LogP contribution in [-0.2, 0) is 17.6 Å².